The smallest absolute Gasteiger partial charge is 0.220 e. The number of hydrogen-bond acceptors (Lipinski definition) is 5. The van der Waals surface area contributed by atoms with Gasteiger partial charge in [-0.3, -0.25) is 0 Å². The molecule has 0 aliphatic carbocycles. The van der Waals surface area contributed by atoms with Gasteiger partial charge in [-0.05, 0) is 18.2 Å². The topological polar surface area (TPSA) is 93.4 Å². The van der Waals surface area contributed by atoms with Gasteiger partial charge in [0, 0.05) is 30.4 Å². The first-order chi connectivity index (χ1) is 9.19. The Morgan fingerprint density at radius 2 is 2.11 bits per heavy atom. The highest BCUT2D eigenvalue weighted by molar-refractivity contribution is 5.93. The first-order valence-electron chi connectivity index (χ1n) is 5.64. The number of nitrogen functional groups attached to an aromatic ring is 1. The van der Waals surface area contributed by atoms with Gasteiger partial charge < -0.3 is 10.3 Å². The Morgan fingerprint density at radius 3 is 2.84 bits per heavy atom. The molecule has 0 spiro atoms. The number of aryl methyl sites for hydroxylation is 1. The Labute approximate surface area is 109 Å². The first kappa shape index (κ1) is 11.2. The van der Waals surface area contributed by atoms with Crippen LogP contribution in [0.1, 0.15) is 5.69 Å². The van der Waals surface area contributed by atoms with E-state index >= 15 is 0 Å². The molecule has 0 saturated heterocycles. The fourth-order valence-corrected chi connectivity index (χ4v) is 2.04. The SMILES string of the molecule is Cn1cc(-c2ccnc(N)n2)c2ccc(C#N)nc21. The third kappa shape index (κ3) is 1.77. The van der Waals surface area contributed by atoms with Crippen LogP contribution in [0.2, 0.25) is 0 Å². The fourth-order valence-electron chi connectivity index (χ4n) is 2.04. The lowest BCUT2D eigenvalue weighted by molar-refractivity contribution is 0.946. The van der Waals surface area contributed by atoms with Crippen molar-refractivity contribution in [1.29, 1.82) is 5.26 Å². The second-order valence-electron chi connectivity index (χ2n) is 4.13. The van der Waals surface area contributed by atoms with Crippen LogP contribution in [0.15, 0.2) is 30.6 Å². The summed E-state index contributed by atoms with van der Waals surface area (Å²) in [5, 5.41) is 9.82. The average Bonchev–Trinajstić information content (AvgIpc) is 2.76. The summed E-state index contributed by atoms with van der Waals surface area (Å²) in [5.41, 5.74) is 8.40. The van der Waals surface area contributed by atoms with Crippen molar-refractivity contribution < 1.29 is 0 Å². The molecule has 0 bridgehead atoms. The normalized spacial score (nSPS) is 10.5. The van der Waals surface area contributed by atoms with E-state index in [1.165, 1.54) is 0 Å². The highest BCUT2D eigenvalue weighted by atomic mass is 15.0. The number of fused-ring (bicyclic) bond motifs is 1. The highest BCUT2D eigenvalue weighted by Crippen LogP contribution is 2.28. The summed E-state index contributed by atoms with van der Waals surface area (Å²) in [6.07, 6.45) is 3.54. The maximum absolute atomic E-state index is 8.89. The van der Waals surface area contributed by atoms with E-state index in [9.17, 15) is 0 Å². The van der Waals surface area contributed by atoms with Crippen molar-refractivity contribution in [2.75, 3.05) is 5.73 Å². The molecule has 3 rings (SSSR count). The zero-order valence-corrected chi connectivity index (χ0v) is 10.2. The first-order valence-corrected chi connectivity index (χ1v) is 5.64. The van der Waals surface area contributed by atoms with Gasteiger partial charge in [0.25, 0.3) is 0 Å². The largest absolute Gasteiger partial charge is 0.368 e. The van der Waals surface area contributed by atoms with E-state index < -0.39 is 0 Å². The van der Waals surface area contributed by atoms with Gasteiger partial charge in [-0.25, -0.2) is 15.0 Å². The molecule has 0 atom stereocenters. The van der Waals surface area contributed by atoms with Crippen LogP contribution in [0.4, 0.5) is 5.95 Å². The number of rotatable bonds is 1. The number of anilines is 1. The highest BCUT2D eigenvalue weighted by Gasteiger charge is 2.11. The molecular weight excluding hydrogens is 240 g/mol. The second-order valence-corrected chi connectivity index (χ2v) is 4.13. The van der Waals surface area contributed by atoms with Gasteiger partial charge in [0.2, 0.25) is 5.95 Å². The van der Waals surface area contributed by atoms with E-state index in [4.69, 9.17) is 11.0 Å². The molecule has 3 aromatic heterocycles. The van der Waals surface area contributed by atoms with Crippen LogP contribution in [0.5, 0.6) is 0 Å². The lowest BCUT2D eigenvalue weighted by atomic mass is 10.1. The van der Waals surface area contributed by atoms with Gasteiger partial charge in [-0.2, -0.15) is 5.26 Å². The summed E-state index contributed by atoms with van der Waals surface area (Å²) in [6.45, 7) is 0. The summed E-state index contributed by atoms with van der Waals surface area (Å²) in [5.74, 6) is 0.233. The Morgan fingerprint density at radius 1 is 1.26 bits per heavy atom. The summed E-state index contributed by atoms with van der Waals surface area (Å²) < 4.78 is 1.86. The summed E-state index contributed by atoms with van der Waals surface area (Å²) in [4.78, 5) is 12.4. The van der Waals surface area contributed by atoms with Crippen LogP contribution < -0.4 is 5.73 Å². The Bertz CT molecular complexity index is 812. The quantitative estimate of drug-likeness (QED) is 0.706. The predicted octanol–water partition coefficient (Wildman–Crippen LogP) is 1.48. The minimum absolute atomic E-state index is 0.233. The molecule has 0 aliphatic rings. The fraction of sp³-hybridized carbons (Fsp3) is 0.0769. The average molecular weight is 250 g/mol. The molecule has 0 radical (unpaired) electrons. The van der Waals surface area contributed by atoms with Gasteiger partial charge in [0.1, 0.15) is 17.4 Å². The molecule has 6 nitrogen and oxygen atoms in total. The van der Waals surface area contributed by atoms with Gasteiger partial charge in [0.15, 0.2) is 0 Å². The van der Waals surface area contributed by atoms with Crippen LogP contribution in [0.25, 0.3) is 22.3 Å². The van der Waals surface area contributed by atoms with Crippen molar-refractivity contribution >= 4 is 17.0 Å². The van der Waals surface area contributed by atoms with Gasteiger partial charge >= 0.3 is 0 Å². The predicted molar refractivity (Wildman–Crippen MR) is 70.9 cm³/mol. The molecule has 0 unspecified atom stereocenters. The van der Waals surface area contributed by atoms with Crippen LogP contribution in [0, 0.1) is 11.3 Å². The molecule has 0 aliphatic heterocycles. The van der Waals surface area contributed by atoms with Crippen molar-refractivity contribution in [3.8, 4) is 17.3 Å². The van der Waals surface area contributed by atoms with E-state index in [1.54, 1.807) is 18.3 Å². The molecular formula is C13H10N6. The van der Waals surface area contributed by atoms with Crippen molar-refractivity contribution in [3.63, 3.8) is 0 Å². The number of nitrogens with zero attached hydrogens (tertiary/aromatic N) is 5. The molecule has 3 aromatic rings. The lowest BCUT2D eigenvalue weighted by Crippen LogP contribution is -1.94. The minimum Gasteiger partial charge on any atom is -0.368 e. The monoisotopic (exact) mass is 250 g/mol. The molecule has 0 amide bonds. The summed E-state index contributed by atoms with van der Waals surface area (Å²) in [6, 6.07) is 7.39. The van der Waals surface area contributed by atoms with Crippen LogP contribution in [-0.4, -0.2) is 19.5 Å². The third-order valence-electron chi connectivity index (χ3n) is 2.89. The van der Waals surface area contributed by atoms with E-state index in [0.717, 1.165) is 22.3 Å². The molecule has 0 fully saturated rings. The van der Waals surface area contributed by atoms with Gasteiger partial charge in [-0.1, -0.05) is 0 Å². The van der Waals surface area contributed by atoms with Crippen molar-refractivity contribution in [2.24, 2.45) is 7.05 Å². The molecule has 3 heterocycles. The minimum atomic E-state index is 0.233. The number of nitrogens with two attached hydrogens (primary N) is 1. The Kier molecular flexibility index (Phi) is 2.39. The van der Waals surface area contributed by atoms with Crippen LogP contribution in [0.3, 0.4) is 0 Å². The zero-order chi connectivity index (χ0) is 13.4. The van der Waals surface area contributed by atoms with Crippen molar-refractivity contribution in [3.05, 3.63) is 36.3 Å². The van der Waals surface area contributed by atoms with E-state index in [2.05, 4.69) is 15.0 Å². The van der Waals surface area contributed by atoms with Crippen molar-refractivity contribution in [1.82, 2.24) is 19.5 Å². The maximum atomic E-state index is 8.89. The number of aromatic nitrogens is 4. The molecule has 0 saturated carbocycles. The lowest BCUT2D eigenvalue weighted by Gasteiger charge is -1.99. The summed E-state index contributed by atoms with van der Waals surface area (Å²) >= 11 is 0. The second kappa shape index (κ2) is 4.07. The van der Waals surface area contributed by atoms with Gasteiger partial charge in [-0.15, -0.1) is 0 Å². The molecule has 6 heteroatoms. The molecule has 2 N–H and O–H groups in total. The third-order valence-corrected chi connectivity index (χ3v) is 2.89. The van der Waals surface area contributed by atoms with E-state index in [0.29, 0.717) is 5.69 Å². The standard InChI is InChI=1S/C13H10N6/c1-19-7-10(11-4-5-16-13(15)18-11)9-3-2-8(6-14)17-12(9)19/h2-5,7H,1H3,(H2,15,16,18). The van der Waals surface area contributed by atoms with Crippen molar-refractivity contribution in [2.45, 2.75) is 0 Å². The number of hydrogen-bond donors (Lipinski definition) is 1. The maximum Gasteiger partial charge on any atom is 0.220 e. The number of pyridine rings is 1. The molecule has 19 heavy (non-hydrogen) atoms. The molecule has 92 valence electrons. The van der Waals surface area contributed by atoms with Crippen LogP contribution in [-0.2, 0) is 7.05 Å². The Balaban J connectivity index is 2.29. The Hall–Kier alpha value is -2.94. The zero-order valence-electron chi connectivity index (χ0n) is 10.2. The van der Waals surface area contributed by atoms with Gasteiger partial charge in [0.05, 0.1) is 5.69 Å². The number of nitriles is 1. The summed E-state index contributed by atoms with van der Waals surface area (Å²) in [7, 11) is 1.88. The van der Waals surface area contributed by atoms with E-state index in [-0.39, 0.29) is 5.95 Å². The molecule has 0 aromatic carbocycles. The van der Waals surface area contributed by atoms with E-state index in [1.807, 2.05) is 29.9 Å². The van der Waals surface area contributed by atoms with Crippen LogP contribution >= 0.6 is 0 Å².